The maximum absolute atomic E-state index is 13.2. The number of halogens is 4. The van der Waals surface area contributed by atoms with E-state index in [9.17, 15) is 55.2 Å². The molecule has 3 fully saturated rings. The quantitative estimate of drug-likeness (QED) is 0.0317. The SMILES string of the molecule is CC(=O)[S-].Cc1cc2nccc(Oc3ccc(CC(=O)C4(C(=O)Cc5ccc(F)cc5)CC4)cc3)c2cc1Br.Cc1cc2nccc(Oc3ccc(CC(=O)C4(C(=O)Cc5ccc(F)cc5)CC4)cc3)c2cc1C.Cc1cc2nccc(Oc3ccc(CC(=O)C4(C(=O)Cc5ccc(F)cc5)CC4)cc3)c2cc1S(N)(=O)=O.[K+]. The smallest absolute Gasteiger partial charge is 0.742 e. The first-order valence-electron chi connectivity index (χ1n) is 36.2. The number of nitrogens with two attached hydrogens (primary N) is 1. The summed E-state index contributed by atoms with van der Waals surface area (Å²) in [5.41, 5.74) is 8.05. The molecule has 15 rings (SSSR count). The Morgan fingerprint density at radius 3 is 0.903 bits per heavy atom. The van der Waals surface area contributed by atoms with Gasteiger partial charge in [-0.1, -0.05) is 88.7 Å². The van der Waals surface area contributed by atoms with E-state index >= 15 is 0 Å². The zero-order valence-corrected chi connectivity index (χ0v) is 69.3. The first-order chi connectivity index (χ1) is 53.5. The summed E-state index contributed by atoms with van der Waals surface area (Å²) in [6.45, 7) is 9.13. The summed E-state index contributed by atoms with van der Waals surface area (Å²) in [6, 6.07) is 55.8. The van der Waals surface area contributed by atoms with Gasteiger partial charge in [-0.05, 0) is 256 Å². The molecule has 570 valence electrons. The number of ether oxygens (including phenoxy) is 3. The topological polar surface area (TPSA) is 246 Å². The van der Waals surface area contributed by atoms with Gasteiger partial charge in [-0.3, -0.25) is 43.7 Å². The van der Waals surface area contributed by atoms with E-state index in [4.69, 9.17) is 19.3 Å². The number of sulfonamides is 1. The Bertz CT molecular complexity index is 5520. The Balaban J connectivity index is 0.000000163. The van der Waals surface area contributed by atoms with Crippen LogP contribution < -0.4 is 70.7 Å². The Labute approximate surface area is 708 Å². The zero-order chi connectivity index (χ0) is 79.8. The molecule has 9 aromatic carbocycles. The second-order valence-corrected chi connectivity index (χ2v) is 31.6. The summed E-state index contributed by atoms with van der Waals surface area (Å²) in [5, 5.41) is 7.45. The van der Waals surface area contributed by atoms with Crippen LogP contribution in [-0.2, 0) is 94.7 Å². The molecule has 16 nitrogen and oxygen atoms in total. The predicted molar refractivity (Wildman–Crippen MR) is 427 cm³/mol. The molecule has 2 N–H and O–H groups in total. The molecule has 0 radical (unpaired) electrons. The van der Waals surface area contributed by atoms with Gasteiger partial charge in [-0.25, -0.2) is 26.7 Å². The van der Waals surface area contributed by atoms with Crippen LogP contribution in [0.15, 0.2) is 228 Å². The van der Waals surface area contributed by atoms with E-state index in [0.29, 0.717) is 89.3 Å². The van der Waals surface area contributed by atoms with Gasteiger partial charge in [0, 0.05) is 82.9 Å². The number of hydrogen-bond donors (Lipinski definition) is 1. The van der Waals surface area contributed by atoms with E-state index in [-0.39, 0.29) is 152 Å². The van der Waals surface area contributed by atoms with Crippen molar-refractivity contribution in [2.24, 2.45) is 21.4 Å². The summed E-state index contributed by atoms with van der Waals surface area (Å²) < 4.78 is 82.6. The van der Waals surface area contributed by atoms with E-state index in [1.165, 1.54) is 60.5 Å². The van der Waals surface area contributed by atoms with Gasteiger partial charge in [0.05, 0.1) is 37.7 Å². The number of benzene rings is 9. The van der Waals surface area contributed by atoms with E-state index < -0.39 is 26.3 Å². The molecule has 3 aliphatic carbocycles. The minimum absolute atomic E-state index is 0. The molecule has 0 unspecified atom stereocenters. The Morgan fingerprint density at radius 2 is 0.628 bits per heavy atom. The molecular formula is C90H77BrF3KN4O12S2. The number of pyridine rings is 3. The van der Waals surface area contributed by atoms with E-state index in [1.54, 1.807) is 98.3 Å². The minimum atomic E-state index is -3.92. The molecule has 3 aromatic heterocycles. The average Bonchev–Trinajstić information content (AvgIpc) is 1.68. The second-order valence-electron chi connectivity index (χ2n) is 28.6. The van der Waals surface area contributed by atoms with Crippen LogP contribution in [0.25, 0.3) is 32.7 Å². The first-order valence-corrected chi connectivity index (χ1v) is 39.0. The number of fused-ring (bicyclic) bond motifs is 3. The molecule has 23 heteroatoms. The van der Waals surface area contributed by atoms with E-state index in [1.807, 2.05) is 79.7 Å². The fourth-order valence-corrected chi connectivity index (χ4v) is 14.4. The monoisotopic (exact) mass is 1640 g/mol. The standard InChI is InChI=1S/C30H26FNO3.C29H23BrFNO3.C29H25FN2O5S.C2H4OS.K/c1-19-15-25-26(16-20(19)2)32-14-11-27(25)35-24-9-5-22(6-10-24)18-29(34)30(12-13-30)28(33)17-21-3-7-23(31)8-4-21;1-18-14-25-23(17-24(18)30)26(10-13-32-25)35-22-8-4-20(5-9-22)16-28(34)29(11-12-29)27(33)15-19-2-6-21(31)7-3-19;1-18-14-24-23(17-26(18)38(31,35)36)25(10-13-32-24)37-22-8-4-20(5-9-22)16-28(34)29(11-12-29)27(33)15-19-2-6-21(30)7-3-19;1-2(3)4;/h3-11,14-16H,12-13,17-18H2,1-2H3;2-10,13-14,17H,11-12,15-16H2,1H3;2-10,13-14,17H,11-12,15-16H2,1H3,(H2,31,35,36);1H3,(H,3,4);/q;;;;+1/p-1. The Kier molecular flexibility index (Phi) is 27.0. The van der Waals surface area contributed by atoms with Gasteiger partial charge in [-0.15, -0.1) is 0 Å². The van der Waals surface area contributed by atoms with Crippen molar-refractivity contribution >= 4 is 111 Å². The van der Waals surface area contributed by atoms with Crippen molar-refractivity contribution in [3.63, 3.8) is 0 Å². The molecule has 3 heterocycles. The third-order valence-electron chi connectivity index (χ3n) is 20.4. The fourth-order valence-electron chi connectivity index (χ4n) is 13.3. The molecule has 0 amide bonds. The Hall–Kier alpha value is -9.66. The van der Waals surface area contributed by atoms with Gasteiger partial charge >= 0.3 is 51.4 Å². The fraction of sp³-hybridized carbons (Fsp3) is 0.222. The van der Waals surface area contributed by atoms with Crippen LogP contribution in [0.1, 0.15) is 101 Å². The number of aromatic nitrogens is 3. The van der Waals surface area contributed by atoms with Gasteiger partial charge in [0.15, 0.2) is 34.7 Å². The summed E-state index contributed by atoms with van der Waals surface area (Å²) in [4.78, 5) is 100. The van der Waals surface area contributed by atoms with Crippen LogP contribution >= 0.6 is 15.9 Å². The van der Waals surface area contributed by atoms with Crippen LogP contribution in [0.5, 0.6) is 34.5 Å². The number of primary sulfonamides is 1. The van der Waals surface area contributed by atoms with Crippen LogP contribution in [0.3, 0.4) is 0 Å². The Morgan fingerprint density at radius 1 is 0.389 bits per heavy atom. The predicted octanol–water partition coefficient (Wildman–Crippen LogP) is 15.3. The van der Waals surface area contributed by atoms with Gasteiger partial charge in [0.1, 0.15) is 51.9 Å². The van der Waals surface area contributed by atoms with Crippen molar-refractivity contribution in [3.05, 3.63) is 296 Å². The van der Waals surface area contributed by atoms with Crippen molar-refractivity contribution < 1.29 is 121 Å². The third kappa shape index (κ3) is 21.0. The van der Waals surface area contributed by atoms with Crippen molar-refractivity contribution in [3.8, 4) is 34.5 Å². The first kappa shape index (κ1) is 84.3. The summed E-state index contributed by atoms with van der Waals surface area (Å²) >= 11 is 7.55. The molecule has 0 saturated heterocycles. The number of carbonyl (C=O) groups excluding carboxylic acids is 7. The zero-order valence-electron chi connectivity index (χ0n) is 62.9. The normalized spacial score (nSPS) is 13.7. The summed E-state index contributed by atoms with van der Waals surface area (Å²) in [7, 11) is -3.92. The minimum Gasteiger partial charge on any atom is -0.742 e. The van der Waals surface area contributed by atoms with Crippen molar-refractivity contribution in [1.82, 2.24) is 15.0 Å². The molecule has 3 aliphatic rings. The number of nitrogens with zero attached hydrogens (tertiary/aromatic N) is 3. The van der Waals surface area contributed by atoms with Crippen LogP contribution in [0.4, 0.5) is 13.2 Å². The molecule has 12 aromatic rings. The van der Waals surface area contributed by atoms with Gasteiger partial charge in [0.2, 0.25) is 10.0 Å². The van der Waals surface area contributed by atoms with Gasteiger partial charge in [0.25, 0.3) is 0 Å². The maximum Gasteiger partial charge on any atom is 1.00 e. The number of hydrogen-bond acceptors (Lipinski definition) is 16. The molecule has 3 saturated carbocycles. The molecule has 0 bridgehead atoms. The molecule has 0 aliphatic heterocycles. The van der Waals surface area contributed by atoms with Crippen molar-refractivity contribution in [2.45, 2.75) is 117 Å². The van der Waals surface area contributed by atoms with Crippen LogP contribution in [-0.4, -0.2) is 63.2 Å². The average molecular weight is 1650 g/mol. The maximum atomic E-state index is 13.2. The van der Waals surface area contributed by atoms with E-state index in [2.05, 4.69) is 69.5 Å². The number of Topliss-reactive ketones (excluding diaryl/α,β-unsaturated/α-hetero) is 6. The molecular weight excluding hydrogens is 1570 g/mol. The molecule has 0 spiro atoms. The second kappa shape index (κ2) is 36.2. The van der Waals surface area contributed by atoms with Crippen LogP contribution in [0, 0.1) is 61.4 Å². The summed E-state index contributed by atoms with van der Waals surface area (Å²) in [6.07, 6.45) is 9.32. The molecule has 0 atom stereocenters. The van der Waals surface area contributed by atoms with Crippen molar-refractivity contribution in [2.75, 3.05) is 0 Å². The van der Waals surface area contributed by atoms with Crippen LogP contribution in [0.2, 0.25) is 0 Å². The third-order valence-corrected chi connectivity index (χ3v) is 22.3. The van der Waals surface area contributed by atoms with Crippen molar-refractivity contribution in [1.29, 1.82) is 0 Å². The summed E-state index contributed by atoms with van der Waals surface area (Å²) in [5.74, 6) is 2.06. The van der Waals surface area contributed by atoms with E-state index in [0.717, 1.165) is 65.4 Å². The number of carbonyl (C=O) groups is 7. The number of ketones is 6. The largest absolute Gasteiger partial charge is 1.00 e. The number of rotatable bonds is 25. The van der Waals surface area contributed by atoms with Gasteiger partial charge < -0.3 is 31.6 Å². The molecule has 113 heavy (non-hydrogen) atoms. The number of aryl methyl sites for hydroxylation is 4. The van der Waals surface area contributed by atoms with Gasteiger partial charge in [-0.2, -0.15) is 0 Å².